The number of nitrogens with zero attached hydrogens (tertiary/aromatic N) is 6. The highest BCUT2D eigenvalue weighted by Crippen LogP contribution is 2.33. The Balaban J connectivity index is 1.57. The van der Waals surface area contributed by atoms with E-state index in [-0.39, 0.29) is 22.0 Å². The predicted octanol–water partition coefficient (Wildman–Crippen LogP) is 4.41. The first-order chi connectivity index (χ1) is 15.3. The standard InChI is InChI=1S/C19H10F3N7OS2/c20-19(21,22)16-26-27-17(32-16)24-14(30)12(10-23)9-13-7-4-8-29(13)18-28-25-15(31-18)11-5-2-1-3-6-11/h1-9H,(H,24,27,30)/b12-9-. The summed E-state index contributed by atoms with van der Waals surface area (Å²) in [6.07, 6.45) is -1.69. The molecule has 32 heavy (non-hydrogen) atoms. The largest absolute Gasteiger partial charge is 0.445 e. The fourth-order valence-electron chi connectivity index (χ4n) is 2.55. The minimum absolute atomic E-state index is 0.167. The third-order valence-electron chi connectivity index (χ3n) is 3.97. The zero-order valence-corrected chi connectivity index (χ0v) is 17.4. The first-order valence-corrected chi connectivity index (χ1v) is 10.4. The van der Waals surface area contributed by atoms with E-state index in [1.807, 2.05) is 30.3 Å². The van der Waals surface area contributed by atoms with Crippen molar-refractivity contribution in [2.24, 2.45) is 0 Å². The molecule has 8 nitrogen and oxygen atoms in total. The Kier molecular flexibility index (Phi) is 5.80. The molecule has 1 N–H and O–H groups in total. The summed E-state index contributed by atoms with van der Waals surface area (Å²) in [5, 5.41) is 25.8. The molecule has 1 amide bonds. The second kappa shape index (κ2) is 8.69. The lowest BCUT2D eigenvalue weighted by Crippen LogP contribution is -2.13. The van der Waals surface area contributed by atoms with Gasteiger partial charge in [0, 0.05) is 17.5 Å². The molecule has 0 spiro atoms. The summed E-state index contributed by atoms with van der Waals surface area (Å²) < 4.78 is 39.6. The van der Waals surface area contributed by atoms with E-state index in [1.165, 1.54) is 17.4 Å². The molecule has 0 radical (unpaired) electrons. The maximum absolute atomic E-state index is 12.6. The van der Waals surface area contributed by atoms with Gasteiger partial charge >= 0.3 is 6.18 Å². The Morgan fingerprint density at radius 2 is 1.84 bits per heavy atom. The van der Waals surface area contributed by atoms with Crippen LogP contribution in [0.1, 0.15) is 10.7 Å². The van der Waals surface area contributed by atoms with Gasteiger partial charge in [-0.25, -0.2) is 0 Å². The van der Waals surface area contributed by atoms with E-state index in [1.54, 1.807) is 29.0 Å². The third kappa shape index (κ3) is 4.56. The zero-order valence-electron chi connectivity index (χ0n) is 15.7. The Bertz CT molecular complexity index is 1330. The molecule has 1 aromatic carbocycles. The van der Waals surface area contributed by atoms with Crippen LogP contribution in [0, 0.1) is 11.3 Å². The average molecular weight is 473 g/mol. The van der Waals surface area contributed by atoms with Crippen molar-refractivity contribution in [3.8, 4) is 21.8 Å². The molecule has 0 unspecified atom stereocenters. The molecule has 0 saturated carbocycles. The van der Waals surface area contributed by atoms with Gasteiger partial charge in [0.2, 0.25) is 15.3 Å². The number of amides is 1. The molecule has 13 heteroatoms. The number of benzene rings is 1. The monoisotopic (exact) mass is 473 g/mol. The van der Waals surface area contributed by atoms with Crippen LogP contribution in [0.5, 0.6) is 0 Å². The first kappa shape index (κ1) is 21.3. The molecule has 3 aromatic heterocycles. The summed E-state index contributed by atoms with van der Waals surface area (Å²) in [4.78, 5) is 12.4. The van der Waals surface area contributed by atoms with Crippen LogP contribution in [0.4, 0.5) is 18.3 Å². The van der Waals surface area contributed by atoms with Crippen LogP contribution >= 0.6 is 22.7 Å². The highest BCUT2D eigenvalue weighted by atomic mass is 32.1. The number of carbonyl (C=O) groups is 1. The normalized spacial score (nSPS) is 11.9. The van der Waals surface area contributed by atoms with E-state index in [9.17, 15) is 23.2 Å². The molecule has 4 rings (SSSR count). The number of hydrogen-bond donors (Lipinski definition) is 1. The summed E-state index contributed by atoms with van der Waals surface area (Å²) in [5.41, 5.74) is 1.02. The van der Waals surface area contributed by atoms with Crippen molar-refractivity contribution >= 4 is 39.8 Å². The van der Waals surface area contributed by atoms with Crippen LogP contribution in [0.3, 0.4) is 0 Å². The summed E-state index contributed by atoms with van der Waals surface area (Å²) in [6.45, 7) is 0. The van der Waals surface area contributed by atoms with Crippen LogP contribution in [0.2, 0.25) is 0 Å². The van der Waals surface area contributed by atoms with E-state index < -0.39 is 17.1 Å². The van der Waals surface area contributed by atoms with Crippen LogP contribution in [-0.2, 0) is 11.0 Å². The molecular formula is C19H10F3N7OS2. The van der Waals surface area contributed by atoms with Gasteiger partial charge in [0.15, 0.2) is 0 Å². The minimum atomic E-state index is -4.67. The topological polar surface area (TPSA) is 109 Å². The maximum atomic E-state index is 12.6. The molecule has 3 heterocycles. The zero-order chi connectivity index (χ0) is 22.7. The smallest absolute Gasteiger partial charge is 0.296 e. The van der Waals surface area contributed by atoms with Crippen molar-refractivity contribution < 1.29 is 18.0 Å². The van der Waals surface area contributed by atoms with Crippen molar-refractivity contribution in [2.45, 2.75) is 6.18 Å². The van der Waals surface area contributed by atoms with E-state index in [0.29, 0.717) is 15.8 Å². The van der Waals surface area contributed by atoms with Crippen molar-refractivity contribution in [3.63, 3.8) is 0 Å². The van der Waals surface area contributed by atoms with Gasteiger partial charge in [-0.2, -0.15) is 18.4 Å². The number of hydrogen-bond acceptors (Lipinski definition) is 8. The molecule has 0 aliphatic rings. The SMILES string of the molecule is N#C/C(=C/c1cccn1-c1nnc(-c2ccccc2)s1)C(=O)Nc1nnc(C(F)(F)F)s1. The Hall–Kier alpha value is -3.89. The third-order valence-corrected chi connectivity index (χ3v) is 5.82. The van der Waals surface area contributed by atoms with Crippen LogP contribution in [0.25, 0.3) is 21.8 Å². The molecule has 0 saturated heterocycles. The van der Waals surface area contributed by atoms with Crippen LogP contribution in [0.15, 0.2) is 54.2 Å². The lowest BCUT2D eigenvalue weighted by atomic mass is 10.2. The molecule has 4 aromatic rings. The number of nitrogens with one attached hydrogen (secondary N) is 1. The van der Waals surface area contributed by atoms with Crippen molar-refractivity contribution in [3.05, 3.63) is 64.9 Å². The van der Waals surface area contributed by atoms with Gasteiger partial charge in [0.05, 0.1) is 0 Å². The minimum Gasteiger partial charge on any atom is -0.296 e. The van der Waals surface area contributed by atoms with Gasteiger partial charge in [-0.05, 0) is 18.2 Å². The van der Waals surface area contributed by atoms with Gasteiger partial charge in [0.25, 0.3) is 5.91 Å². The van der Waals surface area contributed by atoms with Crippen molar-refractivity contribution in [1.29, 1.82) is 5.26 Å². The van der Waals surface area contributed by atoms with Gasteiger partial charge in [-0.15, -0.1) is 20.4 Å². The molecule has 0 atom stereocenters. The van der Waals surface area contributed by atoms with E-state index in [4.69, 9.17) is 0 Å². The Morgan fingerprint density at radius 1 is 1.06 bits per heavy atom. The van der Waals surface area contributed by atoms with Gasteiger partial charge < -0.3 is 0 Å². The quantitative estimate of drug-likeness (QED) is 0.340. The molecule has 0 aliphatic carbocycles. The van der Waals surface area contributed by atoms with E-state index in [2.05, 4.69) is 25.7 Å². The fraction of sp³-hybridized carbons (Fsp3) is 0.0526. The van der Waals surface area contributed by atoms with Gasteiger partial charge in [0.1, 0.15) is 16.6 Å². The Morgan fingerprint density at radius 3 is 2.53 bits per heavy atom. The average Bonchev–Trinajstić information content (AvgIpc) is 3.52. The molecular weight excluding hydrogens is 463 g/mol. The van der Waals surface area contributed by atoms with Crippen molar-refractivity contribution in [1.82, 2.24) is 25.0 Å². The summed E-state index contributed by atoms with van der Waals surface area (Å²) in [5.74, 6) is -0.910. The fourth-order valence-corrected chi connectivity index (χ4v) is 4.01. The first-order valence-electron chi connectivity index (χ1n) is 8.75. The highest BCUT2D eigenvalue weighted by Gasteiger charge is 2.35. The van der Waals surface area contributed by atoms with Gasteiger partial charge in [-0.3, -0.25) is 14.7 Å². The predicted molar refractivity (Wildman–Crippen MR) is 112 cm³/mol. The second-order valence-electron chi connectivity index (χ2n) is 6.09. The Labute approximate surface area is 186 Å². The molecule has 0 fully saturated rings. The number of anilines is 1. The number of aromatic nitrogens is 5. The lowest BCUT2D eigenvalue weighted by molar-refractivity contribution is -0.138. The molecule has 160 valence electrons. The van der Waals surface area contributed by atoms with Crippen LogP contribution < -0.4 is 5.32 Å². The number of nitriles is 1. The summed E-state index contributed by atoms with van der Waals surface area (Å²) >= 11 is 1.48. The number of rotatable bonds is 5. The van der Waals surface area contributed by atoms with Gasteiger partial charge in [-0.1, -0.05) is 53.0 Å². The summed E-state index contributed by atoms with van der Waals surface area (Å²) in [6, 6.07) is 14.5. The number of carbonyl (C=O) groups excluding carboxylic acids is 1. The van der Waals surface area contributed by atoms with Crippen LogP contribution in [-0.4, -0.2) is 30.9 Å². The highest BCUT2D eigenvalue weighted by molar-refractivity contribution is 7.17. The number of halogens is 3. The van der Waals surface area contributed by atoms with E-state index in [0.717, 1.165) is 5.56 Å². The van der Waals surface area contributed by atoms with Crippen molar-refractivity contribution in [2.75, 3.05) is 5.32 Å². The molecule has 0 aliphatic heterocycles. The lowest BCUT2D eigenvalue weighted by Gasteiger charge is -2.03. The van der Waals surface area contributed by atoms with E-state index >= 15 is 0 Å². The molecule has 0 bridgehead atoms. The number of alkyl halides is 3. The second-order valence-corrected chi connectivity index (χ2v) is 8.03. The maximum Gasteiger partial charge on any atom is 0.445 e. The summed E-state index contributed by atoms with van der Waals surface area (Å²) in [7, 11) is 0.